The van der Waals surface area contributed by atoms with Crippen molar-refractivity contribution in [2.24, 2.45) is 0 Å². The lowest BCUT2D eigenvalue weighted by atomic mass is 9.84. The first kappa shape index (κ1) is 20.9. The van der Waals surface area contributed by atoms with Crippen LogP contribution in [0.2, 0.25) is 0 Å². The number of ether oxygens (including phenoxy) is 3. The Morgan fingerprint density at radius 2 is 1.69 bits per heavy atom. The van der Waals surface area contributed by atoms with Crippen LogP contribution in [0.15, 0.2) is 48.5 Å². The molecule has 0 N–H and O–H groups in total. The molecule has 0 spiro atoms. The summed E-state index contributed by atoms with van der Waals surface area (Å²) in [4.78, 5) is 26.8. The molecule has 0 aromatic heterocycles. The van der Waals surface area contributed by atoms with Gasteiger partial charge in [-0.15, -0.1) is 0 Å². The number of esters is 1. The molecule has 1 amide bonds. The van der Waals surface area contributed by atoms with Gasteiger partial charge in [0.1, 0.15) is 11.5 Å². The zero-order valence-electron chi connectivity index (χ0n) is 17.1. The van der Waals surface area contributed by atoms with Gasteiger partial charge < -0.3 is 19.1 Å². The fourth-order valence-electron chi connectivity index (χ4n) is 3.16. The van der Waals surface area contributed by atoms with Crippen LogP contribution in [0.25, 0.3) is 0 Å². The molecule has 6 heteroatoms. The Balaban J connectivity index is 1.77. The second-order valence-electron chi connectivity index (χ2n) is 7.41. The molecule has 1 fully saturated rings. The molecule has 3 rings (SSSR count). The Labute approximate surface area is 171 Å². The second kappa shape index (κ2) is 9.09. The third-order valence-corrected chi connectivity index (χ3v) is 4.96. The molecule has 0 unspecified atom stereocenters. The minimum Gasteiger partial charge on any atom is -0.465 e. The topological polar surface area (TPSA) is 65.1 Å². The Bertz CT molecular complexity index is 871. The molecule has 1 saturated heterocycles. The summed E-state index contributed by atoms with van der Waals surface area (Å²) in [6.07, 6.45) is 0. The number of morpholine rings is 1. The number of carbonyl (C=O) groups excluding carboxylic acids is 2. The van der Waals surface area contributed by atoms with Gasteiger partial charge in [0.2, 0.25) is 0 Å². The quantitative estimate of drug-likeness (QED) is 0.694. The molecule has 0 radical (unpaired) electrons. The molecule has 0 bridgehead atoms. The fraction of sp³-hybridized carbons (Fsp3) is 0.391. The van der Waals surface area contributed by atoms with Crippen molar-refractivity contribution in [1.82, 2.24) is 4.90 Å². The Hall–Kier alpha value is -2.86. The van der Waals surface area contributed by atoms with E-state index in [1.54, 1.807) is 36.1 Å². The minimum absolute atomic E-state index is 0.0315. The molecule has 0 aliphatic carbocycles. The summed E-state index contributed by atoms with van der Waals surface area (Å²) in [6.45, 7) is 8.08. The molecule has 1 aliphatic rings. The van der Waals surface area contributed by atoms with Crippen molar-refractivity contribution < 1.29 is 23.8 Å². The third-order valence-electron chi connectivity index (χ3n) is 4.96. The first-order valence-electron chi connectivity index (χ1n) is 9.84. The molecule has 2 aromatic rings. The molecule has 1 aliphatic heterocycles. The van der Waals surface area contributed by atoms with Crippen LogP contribution < -0.4 is 4.74 Å². The van der Waals surface area contributed by atoms with E-state index in [1.165, 1.54) is 0 Å². The van der Waals surface area contributed by atoms with E-state index < -0.39 is 5.41 Å². The van der Waals surface area contributed by atoms with Crippen molar-refractivity contribution in [3.8, 4) is 11.5 Å². The lowest BCUT2D eigenvalue weighted by Gasteiger charge is -2.27. The highest BCUT2D eigenvalue weighted by Gasteiger charge is 2.31. The lowest BCUT2D eigenvalue weighted by molar-refractivity contribution is -0.148. The minimum atomic E-state index is -0.788. The number of carbonyl (C=O) groups is 2. The van der Waals surface area contributed by atoms with Crippen LogP contribution in [0.1, 0.15) is 36.7 Å². The average molecular weight is 397 g/mol. The first-order valence-corrected chi connectivity index (χ1v) is 9.84. The highest BCUT2D eigenvalue weighted by atomic mass is 16.5. The van der Waals surface area contributed by atoms with E-state index in [0.29, 0.717) is 50.0 Å². The summed E-state index contributed by atoms with van der Waals surface area (Å²) < 4.78 is 16.5. The molecule has 29 heavy (non-hydrogen) atoms. The van der Waals surface area contributed by atoms with Gasteiger partial charge in [-0.3, -0.25) is 9.59 Å². The van der Waals surface area contributed by atoms with Gasteiger partial charge in [0, 0.05) is 18.7 Å². The molecular weight excluding hydrogens is 370 g/mol. The van der Waals surface area contributed by atoms with Crippen molar-refractivity contribution in [2.75, 3.05) is 32.9 Å². The number of amides is 1. The van der Waals surface area contributed by atoms with Gasteiger partial charge in [0.25, 0.3) is 5.91 Å². The zero-order valence-corrected chi connectivity index (χ0v) is 17.1. The van der Waals surface area contributed by atoms with Crippen LogP contribution in [0.3, 0.4) is 0 Å². The van der Waals surface area contributed by atoms with Crippen LogP contribution in [0, 0.1) is 0 Å². The van der Waals surface area contributed by atoms with Gasteiger partial charge in [-0.1, -0.05) is 18.2 Å². The molecule has 2 aromatic carbocycles. The Morgan fingerprint density at radius 1 is 1.03 bits per heavy atom. The maximum atomic E-state index is 12.7. The summed E-state index contributed by atoms with van der Waals surface area (Å²) >= 11 is 0. The average Bonchev–Trinajstić information content (AvgIpc) is 2.74. The summed E-state index contributed by atoms with van der Waals surface area (Å²) in [6, 6.07) is 14.5. The number of hydrogen-bond donors (Lipinski definition) is 0. The van der Waals surface area contributed by atoms with Crippen molar-refractivity contribution in [3.63, 3.8) is 0 Å². The number of benzene rings is 2. The van der Waals surface area contributed by atoms with Gasteiger partial charge in [-0.25, -0.2) is 0 Å². The largest absolute Gasteiger partial charge is 0.465 e. The van der Waals surface area contributed by atoms with Crippen molar-refractivity contribution in [1.29, 1.82) is 0 Å². The fourth-order valence-corrected chi connectivity index (χ4v) is 3.16. The van der Waals surface area contributed by atoms with Crippen LogP contribution in [0.4, 0.5) is 0 Å². The van der Waals surface area contributed by atoms with E-state index >= 15 is 0 Å². The highest BCUT2D eigenvalue weighted by Crippen LogP contribution is 2.30. The predicted octanol–water partition coefficient (Wildman–Crippen LogP) is 3.79. The molecule has 154 valence electrons. The number of rotatable bonds is 6. The number of nitrogens with zero attached hydrogens (tertiary/aromatic N) is 1. The van der Waals surface area contributed by atoms with Crippen LogP contribution in [0.5, 0.6) is 11.5 Å². The van der Waals surface area contributed by atoms with E-state index in [1.807, 2.05) is 38.1 Å². The Kier molecular flexibility index (Phi) is 6.54. The maximum Gasteiger partial charge on any atom is 0.315 e. The number of hydrogen-bond acceptors (Lipinski definition) is 5. The van der Waals surface area contributed by atoms with Gasteiger partial charge in [0.05, 0.1) is 25.2 Å². The van der Waals surface area contributed by atoms with Gasteiger partial charge >= 0.3 is 5.97 Å². The third kappa shape index (κ3) is 4.95. The molecule has 6 nitrogen and oxygen atoms in total. The Morgan fingerprint density at radius 3 is 2.38 bits per heavy atom. The lowest BCUT2D eigenvalue weighted by Crippen LogP contribution is -2.40. The van der Waals surface area contributed by atoms with Crippen LogP contribution in [-0.2, 0) is 19.7 Å². The molecule has 0 saturated carbocycles. The maximum absolute atomic E-state index is 12.7. The summed E-state index contributed by atoms with van der Waals surface area (Å²) in [5.41, 5.74) is 0.588. The first-order chi connectivity index (χ1) is 13.9. The highest BCUT2D eigenvalue weighted by molar-refractivity contribution is 5.94. The second-order valence-corrected chi connectivity index (χ2v) is 7.41. The monoisotopic (exact) mass is 397 g/mol. The molecule has 1 heterocycles. The van der Waals surface area contributed by atoms with Crippen molar-refractivity contribution >= 4 is 11.9 Å². The van der Waals surface area contributed by atoms with E-state index in [-0.39, 0.29) is 11.9 Å². The van der Waals surface area contributed by atoms with Gasteiger partial charge in [-0.05, 0) is 56.7 Å². The normalized spacial score (nSPS) is 14.4. The van der Waals surface area contributed by atoms with E-state index in [0.717, 1.165) is 5.56 Å². The van der Waals surface area contributed by atoms with Gasteiger partial charge in [0.15, 0.2) is 0 Å². The van der Waals surface area contributed by atoms with Gasteiger partial charge in [-0.2, -0.15) is 0 Å². The van der Waals surface area contributed by atoms with E-state index in [9.17, 15) is 9.59 Å². The van der Waals surface area contributed by atoms with E-state index in [2.05, 4.69) is 0 Å². The van der Waals surface area contributed by atoms with Crippen LogP contribution in [-0.4, -0.2) is 49.7 Å². The predicted molar refractivity (Wildman–Crippen MR) is 109 cm³/mol. The smallest absolute Gasteiger partial charge is 0.315 e. The zero-order chi connectivity index (χ0) is 20.9. The molecular formula is C23H27NO5. The van der Waals surface area contributed by atoms with E-state index in [4.69, 9.17) is 14.2 Å². The summed E-state index contributed by atoms with van der Waals surface area (Å²) in [7, 11) is 0. The SMILES string of the molecule is CCOC(=O)C(C)(C)c1cccc(Oc2cccc(C(=O)N3CCOCC3)c2)c1. The van der Waals surface area contributed by atoms with Crippen molar-refractivity contribution in [3.05, 3.63) is 59.7 Å². The molecule has 0 atom stereocenters. The van der Waals surface area contributed by atoms with Crippen molar-refractivity contribution in [2.45, 2.75) is 26.2 Å². The summed E-state index contributed by atoms with van der Waals surface area (Å²) in [5, 5.41) is 0. The standard InChI is InChI=1S/C23H27NO5/c1-4-28-22(26)23(2,3)18-8-6-10-20(16-18)29-19-9-5-7-17(15-19)21(25)24-11-13-27-14-12-24/h5-10,15-16H,4,11-14H2,1-3H3. The van der Waals surface area contributed by atoms with Crippen LogP contribution >= 0.6 is 0 Å². The summed E-state index contributed by atoms with van der Waals surface area (Å²) in [5.74, 6) is 0.845.